The number of rotatable bonds is 8. The van der Waals surface area contributed by atoms with E-state index in [0.29, 0.717) is 28.2 Å². The van der Waals surface area contributed by atoms with Gasteiger partial charge in [0.1, 0.15) is 16.7 Å². The van der Waals surface area contributed by atoms with Crippen molar-refractivity contribution in [1.29, 1.82) is 0 Å². The Kier molecular flexibility index (Phi) is 9.00. The van der Waals surface area contributed by atoms with E-state index in [0.717, 1.165) is 25.9 Å². The normalized spacial score (nSPS) is 13.3. The van der Waals surface area contributed by atoms with Crippen LogP contribution < -0.4 is 10.1 Å². The van der Waals surface area contributed by atoms with Crippen molar-refractivity contribution in [1.82, 2.24) is 10.2 Å². The summed E-state index contributed by atoms with van der Waals surface area (Å²) in [6.45, 7) is 2.20. The van der Waals surface area contributed by atoms with E-state index in [1.807, 2.05) is 0 Å². The number of amides is 1. The fourth-order valence-corrected chi connectivity index (χ4v) is 3.42. The molecule has 1 aliphatic rings. The standard InChI is InChI=1S/C17H21ClN2O4S2/c18-13-3-5-14(6-4-13)23-10-7-19-15(21)11-24-16(22)12-26-17(25)20-8-1-2-9-20/h3-6H,1-2,7-12H2,(H,19,21). The molecule has 1 aromatic carbocycles. The van der Waals surface area contributed by atoms with Gasteiger partial charge in [0.15, 0.2) is 6.61 Å². The van der Waals surface area contributed by atoms with Crippen molar-refractivity contribution in [2.24, 2.45) is 0 Å². The molecule has 6 nitrogen and oxygen atoms in total. The molecule has 0 saturated carbocycles. The molecule has 9 heteroatoms. The summed E-state index contributed by atoms with van der Waals surface area (Å²) in [7, 11) is 0. The first-order chi connectivity index (χ1) is 12.5. The molecule has 2 rings (SSSR count). The fourth-order valence-electron chi connectivity index (χ4n) is 2.24. The van der Waals surface area contributed by atoms with E-state index in [2.05, 4.69) is 10.2 Å². The minimum Gasteiger partial charge on any atom is -0.492 e. The van der Waals surface area contributed by atoms with Crippen molar-refractivity contribution in [2.45, 2.75) is 12.8 Å². The summed E-state index contributed by atoms with van der Waals surface area (Å²) < 4.78 is 11.1. The lowest BCUT2D eigenvalue weighted by Gasteiger charge is -2.17. The van der Waals surface area contributed by atoms with E-state index in [1.165, 1.54) is 11.8 Å². The zero-order valence-corrected chi connectivity index (χ0v) is 16.6. The van der Waals surface area contributed by atoms with Gasteiger partial charge in [0.25, 0.3) is 5.91 Å². The van der Waals surface area contributed by atoms with Gasteiger partial charge in [0.2, 0.25) is 0 Å². The molecule has 0 aliphatic carbocycles. The minimum absolute atomic E-state index is 0.113. The Bertz CT molecular complexity index is 622. The highest BCUT2D eigenvalue weighted by Gasteiger charge is 2.16. The Hall–Kier alpha value is -1.51. The molecule has 1 amide bonds. The molecule has 0 bridgehead atoms. The van der Waals surface area contributed by atoms with Crippen LogP contribution in [0.2, 0.25) is 5.02 Å². The lowest BCUT2D eigenvalue weighted by atomic mass is 10.3. The van der Waals surface area contributed by atoms with Crippen LogP contribution in [0.25, 0.3) is 0 Å². The summed E-state index contributed by atoms with van der Waals surface area (Å²) >= 11 is 12.3. The van der Waals surface area contributed by atoms with Crippen LogP contribution in [0, 0.1) is 0 Å². The number of esters is 1. The van der Waals surface area contributed by atoms with Gasteiger partial charge >= 0.3 is 5.97 Å². The maximum Gasteiger partial charge on any atom is 0.316 e. The summed E-state index contributed by atoms with van der Waals surface area (Å²) in [5.74, 6) is -0.0437. The molecule has 142 valence electrons. The molecular weight excluding hydrogens is 396 g/mol. The van der Waals surface area contributed by atoms with Crippen molar-refractivity contribution < 1.29 is 19.1 Å². The Morgan fingerprint density at radius 3 is 2.62 bits per heavy atom. The Morgan fingerprint density at radius 1 is 1.23 bits per heavy atom. The molecule has 1 fully saturated rings. The van der Waals surface area contributed by atoms with E-state index in [4.69, 9.17) is 33.3 Å². The molecule has 1 saturated heterocycles. The molecule has 0 radical (unpaired) electrons. The largest absolute Gasteiger partial charge is 0.492 e. The first kappa shape index (κ1) is 20.8. The van der Waals surface area contributed by atoms with Gasteiger partial charge in [-0.25, -0.2) is 0 Å². The number of thioether (sulfide) groups is 1. The first-order valence-corrected chi connectivity index (χ1v) is 10.0. The minimum atomic E-state index is -0.455. The van der Waals surface area contributed by atoms with Gasteiger partial charge in [-0.05, 0) is 37.1 Å². The topological polar surface area (TPSA) is 67.9 Å². The average molecular weight is 417 g/mol. The predicted octanol–water partition coefficient (Wildman–Crippen LogP) is 2.49. The summed E-state index contributed by atoms with van der Waals surface area (Å²) in [5, 5.41) is 3.25. The highest BCUT2D eigenvalue weighted by atomic mass is 35.5. The highest BCUT2D eigenvalue weighted by Crippen LogP contribution is 2.16. The third-order valence-corrected chi connectivity index (χ3v) is 5.30. The number of hydrogen-bond donors (Lipinski definition) is 1. The lowest BCUT2D eigenvalue weighted by Crippen LogP contribution is -2.32. The summed E-state index contributed by atoms with van der Waals surface area (Å²) in [4.78, 5) is 25.4. The number of nitrogens with one attached hydrogen (secondary N) is 1. The highest BCUT2D eigenvalue weighted by molar-refractivity contribution is 8.23. The third kappa shape index (κ3) is 7.80. The smallest absolute Gasteiger partial charge is 0.316 e. The van der Waals surface area contributed by atoms with Gasteiger partial charge in [-0.1, -0.05) is 35.6 Å². The summed E-state index contributed by atoms with van der Waals surface area (Å²) in [6.07, 6.45) is 2.26. The van der Waals surface area contributed by atoms with Crippen molar-refractivity contribution in [3.8, 4) is 5.75 Å². The maximum atomic E-state index is 11.7. The number of likely N-dealkylation sites (tertiary alicyclic amines) is 1. The summed E-state index contributed by atoms with van der Waals surface area (Å²) in [6, 6.07) is 6.94. The van der Waals surface area contributed by atoms with Crippen molar-refractivity contribution in [3.63, 3.8) is 0 Å². The maximum absolute atomic E-state index is 11.7. The van der Waals surface area contributed by atoms with Crippen LogP contribution in [0.3, 0.4) is 0 Å². The fraction of sp³-hybridized carbons (Fsp3) is 0.471. The molecule has 0 spiro atoms. The van der Waals surface area contributed by atoms with Gasteiger partial charge in [0, 0.05) is 18.1 Å². The predicted molar refractivity (Wildman–Crippen MR) is 107 cm³/mol. The molecule has 0 aromatic heterocycles. The molecule has 26 heavy (non-hydrogen) atoms. The van der Waals surface area contributed by atoms with Crippen LogP contribution in [0.5, 0.6) is 5.75 Å². The van der Waals surface area contributed by atoms with Crippen LogP contribution in [-0.2, 0) is 14.3 Å². The number of halogens is 1. The van der Waals surface area contributed by atoms with Crippen LogP contribution in [-0.4, -0.2) is 59.7 Å². The van der Waals surface area contributed by atoms with Crippen molar-refractivity contribution in [2.75, 3.05) is 38.6 Å². The average Bonchev–Trinajstić information content (AvgIpc) is 3.18. The first-order valence-electron chi connectivity index (χ1n) is 8.27. The molecule has 1 heterocycles. The second-order valence-electron chi connectivity index (χ2n) is 5.56. The monoisotopic (exact) mass is 416 g/mol. The zero-order chi connectivity index (χ0) is 18.8. The SMILES string of the molecule is O=C(COC(=O)CSC(=S)N1CCCC1)NCCOc1ccc(Cl)cc1. The number of benzene rings is 1. The molecule has 0 unspecified atom stereocenters. The van der Waals surface area contributed by atoms with Gasteiger partial charge in [-0.15, -0.1) is 0 Å². The number of ether oxygens (including phenoxy) is 2. The number of hydrogen-bond acceptors (Lipinski definition) is 6. The number of nitrogens with zero attached hydrogens (tertiary/aromatic N) is 1. The number of carbonyl (C=O) groups is 2. The van der Waals surface area contributed by atoms with E-state index < -0.39 is 5.97 Å². The second-order valence-corrected chi connectivity index (χ2v) is 7.61. The molecule has 1 aliphatic heterocycles. The van der Waals surface area contributed by atoms with Crippen LogP contribution >= 0.6 is 35.6 Å². The lowest BCUT2D eigenvalue weighted by molar-refractivity contribution is -0.145. The van der Waals surface area contributed by atoms with E-state index in [-0.39, 0.29) is 18.3 Å². The van der Waals surface area contributed by atoms with Gasteiger partial charge < -0.3 is 19.7 Å². The zero-order valence-electron chi connectivity index (χ0n) is 14.2. The number of thiocarbonyl (C=S) groups is 1. The summed E-state index contributed by atoms with van der Waals surface area (Å²) in [5.41, 5.74) is 0. The van der Waals surface area contributed by atoms with Crippen molar-refractivity contribution >= 4 is 51.8 Å². The van der Waals surface area contributed by atoms with E-state index in [9.17, 15) is 9.59 Å². The van der Waals surface area contributed by atoms with E-state index in [1.54, 1.807) is 24.3 Å². The van der Waals surface area contributed by atoms with Crippen LogP contribution in [0.1, 0.15) is 12.8 Å². The van der Waals surface area contributed by atoms with Gasteiger partial charge in [0.05, 0.1) is 12.3 Å². The molecular formula is C17H21ClN2O4S2. The molecule has 0 atom stereocenters. The van der Waals surface area contributed by atoms with E-state index >= 15 is 0 Å². The quantitative estimate of drug-likeness (QED) is 0.396. The second kappa shape index (κ2) is 11.3. The van der Waals surface area contributed by atoms with Crippen molar-refractivity contribution in [3.05, 3.63) is 29.3 Å². The Labute approximate surface area is 167 Å². The Balaban J connectivity index is 1.51. The third-order valence-electron chi connectivity index (χ3n) is 3.55. The van der Waals surface area contributed by atoms with Gasteiger partial charge in [-0.2, -0.15) is 0 Å². The van der Waals surface area contributed by atoms with Crippen LogP contribution in [0.4, 0.5) is 0 Å². The molecule has 1 aromatic rings. The van der Waals surface area contributed by atoms with Gasteiger partial charge in [-0.3, -0.25) is 9.59 Å². The van der Waals surface area contributed by atoms with Crippen LogP contribution in [0.15, 0.2) is 24.3 Å². The Morgan fingerprint density at radius 2 is 1.92 bits per heavy atom. The molecule has 1 N–H and O–H groups in total. The number of carbonyl (C=O) groups excluding carboxylic acids is 2.